The van der Waals surface area contributed by atoms with Crippen molar-refractivity contribution in [2.45, 2.75) is 13.8 Å². The van der Waals surface area contributed by atoms with Gasteiger partial charge in [-0.3, -0.25) is 4.99 Å². The first-order valence-electron chi connectivity index (χ1n) is 9.15. The summed E-state index contributed by atoms with van der Waals surface area (Å²) in [5.74, 6) is 3.11. The van der Waals surface area contributed by atoms with E-state index in [-0.39, 0.29) is 0 Å². The molecule has 0 saturated carbocycles. The van der Waals surface area contributed by atoms with Crippen molar-refractivity contribution in [1.29, 1.82) is 0 Å². The average Bonchev–Trinajstić information content (AvgIpc) is 2.71. The van der Waals surface area contributed by atoms with Crippen molar-refractivity contribution in [3.05, 3.63) is 75.9 Å². The molecule has 0 fully saturated rings. The van der Waals surface area contributed by atoms with Crippen LogP contribution in [-0.2, 0) is 0 Å². The predicted octanol–water partition coefficient (Wildman–Crippen LogP) is 6.63. The molecule has 28 heavy (non-hydrogen) atoms. The van der Waals surface area contributed by atoms with Crippen LogP contribution in [0.1, 0.15) is 19.4 Å². The number of benzene rings is 3. The first-order chi connectivity index (χ1) is 13.7. The van der Waals surface area contributed by atoms with Crippen LogP contribution in [0.3, 0.4) is 0 Å². The van der Waals surface area contributed by atoms with Gasteiger partial charge in [-0.1, -0.05) is 18.2 Å². The first-order valence-corrected chi connectivity index (χ1v) is 10.2. The summed E-state index contributed by atoms with van der Waals surface area (Å²) in [4.78, 5) is 4.56. The number of rotatable bonds is 8. The van der Waals surface area contributed by atoms with Gasteiger partial charge >= 0.3 is 0 Å². The third kappa shape index (κ3) is 5.48. The van der Waals surface area contributed by atoms with E-state index in [0.717, 1.165) is 37.8 Å². The van der Waals surface area contributed by atoms with Crippen LogP contribution < -0.4 is 14.2 Å². The molecule has 0 aliphatic heterocycles. The zero-order chi connectivity index (χ0) is 19.8. The molecule has 0 aliphatic rings. The fourth-order valence-electron chi connectivity index (χ4n) is 2.58. The van der Waals surface area contributed by atoms with Crippen LogP contribution in [0, 0.1) is 3.57 Å². The van der Waals surface area contributed by atoms with Crippen LogP contribution in [0.15, 0.2) is 71.7 Å². The van der Waals surface area contributed by atoms with E-state index in [4.69, 9.17) is 14.2 Å². The number of hydrogen-bond donors (Lipinski definition) is 0. The van der Waals surface area contributed by atoms with Crippen molar-refractivity contribution in [2.24, 2.45) is 4.99 Å². The molecule has 0 unspecified atom stereocenters. The van der Waals surface area contributed by atoms with Crippen molar-refractivity contribution in [1.82, 2.24) is 0 Å². The molecule has 3 rings (SSSR count). The zero-order valence-electron chi connectivity index (χ0n) is 15.9. The molecule has 0 aromatic heterocycles. The number of para-hydroxylation sites is 1. The molecule has 144 valence electrons. The zero-order valence-corrected chi connectivity index (χ0v) is 18.0. The summed E-state index contributed by atoms with van der Waals surface area (Å²) in [6.07, 6.45) is 1.83. The highest BCUT2D eigenvalue weighted by Gasteiger charge is 2.11. The lowest BCUT2D eigenvalue weighted by Crippen LogP contribution is -2.01. The molecular formula is C23H22INO3. The Bertz CT molecular complexity index is 925. The maximum atomic E-state index is 5.81. The van der Waals surface area contributed by atoms with E-state index in [1.54, 1.807) is 0 Å². The van der Waals surface area contributed by atoms with Crippen molar-refractivity contribution in [3.8, 4) is 23.0 Å². The summed E-state index contributed by atoms with van der Waals surface area (Å²) in [7, 11) is 0. The second-order valence-corrected chi connectivity index (χ2v) is 7.03. The molecule has 3 aromatic carbocycles. The summed E-state index contributed by atoms with van der Waals surface area (Å²) in [6.45, 7) is 5.11. The van der Waals surface area contributed by atoms with E-state index in [1.807, 2.05) is 86.8 Å². The van der Waals surface area contributed by atoms with Gasteiger partial charge in [-0.15, -0.1) is 0 Å². The van der Waals surface area contributed by atoms with Gasteiger partial charge in [0.15, 0.2) is 11.5 Å². The van der Waals surface area contributed by atoms with Crippen molar-refractivity contribution < 1.29 is 14.2 Å². The quantitative estimate of drug-likeness (QED) is 0.265. The summed E-state index contributed by atoms with van der Waals surface area (Å²) in [5.41, 5.74) is 1.81. The van der Waals surface area contributed by atoms with Gasteiger partial charge in [0.05, 0.1) is 22.5 Å². The molecule has 3 aromatic rings. The van der Waals surface area contributed by atoms with E-state index < -0.39 is 0 Å². The Morgan fingerprint density at radius 3 is 2.21 bits per heavy atom. The van der Waals surface area contributed by atoms with Gasteiger partial charge in [-0.25, -0.2) is 0 Å². The van der Waals surface area contributed by atoms with E-state index in [1.165, 1.54) is 0 Å². The minimum Gasteiger partial charge on any atom is -0.490 e. The predicted molar refractivity (Wildman–Crippen MR) is 122 cm³/mol. The smallest absolute Gasteiger partial charge is 0.174 e. The maximum Gasteiger partial charge on any atom is 0.174 e. The Balaban J connectivity index is 1.74. The molecule has 0 aliphatic carbocycles. The number of aliphatic imine (C=N–C) groups is 1. The SMILES string of the molecule is CCOc1cc(C=Nc2ccc(Oc3ccccc3)cc2)cc(I)c1OCC. The minimum atomic E-state index is 0.583. The monoisotopic (exact) mass is 487 g/mol. The molecule has 4 nitrogen and oxygen atoms in total. The van der Waals surface area contributed by atoms with Crippen LogP contribution in [0.5, 0.6) is 23.0 Å². The summed E-state index contributed by atoms with van der Waals surface area (Å²) in [6, 6.07) is 21.4. The Morgan fingerprint density at radius 1 is 0.857 bits per heavy atom. The molecule has 0 atom stereocenters. The van der Waals surface area contributed by atoms with Crippen LogP contribution in [0.4, 0.5) is 5.69 Å². The molecule has 0 amide bonds. The lowest BCUT2D eigenvalue weighted by Gasteiger charge is -2.13. The van der Waals surface area contributed by atoms with Gasteiger partial charge in [0.1, 0.15) is 11.5 Å². The van der Waals surface area contributed by atoms with Crippen molar-refractivity contribution >= 4 is 34.5 Å². The van der Waals surface area contributed by atoms with Crippen molar-refractivity contribution in [3.63, 3.8) is 0 Å². The topological polar surface area (TPSA) is 40.0 Å². The minimum absolute atomic E-state index is 0.583. The van der Waals surface area contributed by atoms with Gasteiger partial charge in [-0.2, -0.15) is 0 Å². The maximum absolute atomic E-state index is 5.81. The normalized spacial score (nSPS) is 10.8. The Kier molecular flexibility index (Phi) is 7.31. The summed E-state index contributed by atoms with van der Waals surface area (Å²) < 4.78 is 18.2. The van der Waals surface area contributed by atoms with Gasteiger partial charge in [-0.05, 0) is 90.5 Å². The third-order valence-corrected chi connectivity index (χ3v) is 4.60. The third-order valence-electron chi connectivity index (χ3n) is 3.80. The summed E-state index contributed by atoms with van der Waals surface area (Å²) in [5, 5.41) is 0. The second-order valence-electron chi connectivity index (χ2n) is 5.86. The van der Waals surface area contributed by atoms with E-state index >= 15 is 0 Å². The van der Waals surface area contributed by atoms with Crippen LogP contribution in [0.2, 0.25) is 0 Å². The van der Waals surface area contributed by atoms with Gasteiger partial charge in [0.25, 0.3) is 0 Å². The standard InChI is InChI=1S/C23H22INO3/c1-3-26-22-15-17(14-21(24)23(22)27-4-2)16-25-18-10-12-20(13-11-18)28-19-8-6-5-7-9-19/h5-16H,3-4H2,1-2H3. The molecule has 0 heterocycles. The molecule has 0 saturated heterocycles. The van der Waals surface area contributed by atoms with Crippen LogP contribution in [0.25, 0.3) is 0 Å². The van der Waals surface area contributed by atoms with E-state index in [0.29, 0.717) is 13.2 Å². The van der Waals surface area contributed by atoms with Crippen LogP contribution >= 0.6 is 22.6 Å². The average molecular weight is 487 g/mol. The number of ether oxygens (including phenoxy) is 3. The number of nitrogens with zero attached hydrogens (tertiary/aromatic N) is 1. The molecule has 0 N–H and O–H groups in total. The molecule has 0 radical (unpaired) electrons. The fourth-order valence-corrected chi connectivity index (χ4v) is 3.36. The molecule has 0 bridgehead atoms. The van der Waals surface area contributed by atoms with E-state index in [9.17, 15) is 0 Å². The number of hydrogen-bond acceptors (Lipinski definition) is 4. The highest BCUT2D eigenvalue weighted by molar-refractivity contribution is 14.1. The van der Waals surface area contributed by atoms with Gasteiger partial charge in [0, 0.05) is 6.21 Å². The second kappa shape index (κ2) is 10.1. The van der Waals surface area contributed by atoms with E-state index in [2.05, 4.69) is 27.6 Å². The van der Waals surface area contributed by atoms with Crippen LogP contribution in [-0.4, -0.2) is 19.4 Å². The molecule has 0 spiro atoms. The summed E-state index contributed by atoms with van der Waals surface area (Å²) >= 11 is 2.26. The van der Waals surface area contributed by atoms with Gasteiger partial charge < -0.3 is 14.2 Å². The largest absolute Gasteiger partial charge is 0.490 e. The molecule has 5 heteroatoms. The lowest BCUT2D eigenvalue weighted by atomic mass is 10.2. The Morgan fingerprint density at radius 2 is 1.54 bits per heavy atom. The van der Waals surface area contributed by atoms with Crippen molar-refractivity contribution in [2.75, 3.05) is 13.2 Å². The fraction of sp³-hybridized carbons (Fsp3) is 0.174. The molecular weight excluding hydrogens is 465 g/mol. The Hall–Kier alpha value is -2.54. The first kappa shape index (κ1) is 20.2. The lowest BCUT2D eigenvalue weighted by molar-refractivity contribution is 0.286. The number of halogens is 1. The van der Waals surface area contributed by atoms with Gasteiger partial charge in [0.2, 0.25) is 0 Å². The highest BCUT2D eigenvalue weighted by Crippen LogP contribution is 2.34. The Labute approximate surface area is 179 Å². The highest BCUT2D eigenvalue weighted by atomic mass is 127.